The molecule has 218 valence electrons. The van der Waals surface area contributed by atoms with Gasteiger partial charge in [-0.2, -0.15) is 0 Å². The van der Waals surface area contributed by atoms with Crippen LogP contribution in [-0.2, 0) is 42.4 Å². The number of sulfonamides is 1. The van der Waals surface area contributed by atoms with Gasteiger partial charge in [-0.15, -0.1) is 11.3 Å². The molecule has 41 heavy (non-hydrogen) atoms. The number of hydrogen-bond donors (Lipinski definition) is 3. The minimum atomic E-state index is -3.51. The van der Waals surface area contributed by atoms with E-state index in [4.69, 9.17) is 0 Å². The van der Waals surface area contributed by atoms with Gasteiger partial charge in [0.2, 0.25) is 10.0 Å². The Morgan fingerprint density at radius 2 is 1.90 bits per heavy atom. The molecular weight excluding hydrogens is 556 g/mol. The Morgan fingerprint density at radius 3 is 2.61 bits per heavy atom. The minimum absolute atomic E-state index is 0.0199. The van der Waals surface area contributed by atoms with Crippen molar-refractivity contribution in [3.8, 4) is 0 Å². The first-order valence-corrected chi connectivity index (χ1v) is 16.6. The van der Waals surface area contributed by atoms with Crippen molar-refractivity contribution in [3.05, 3.63) is 87.2 Å². The molecule has 5 rings (SSSR count). The SMILES string of the molecule is CCc1cc(CNC[C@@H](O)[C@H](Cc2ccccc2)NC(=O)c2cc3c4c(cn(CC)c4c2)CCS(=O)(=O)N3C)cs1. The number of nitrogens with zero attached hydrogens (tertiary/aromatic N) is 2. The quantitative estimate of drug-likeness (QED) is 0.243. The lowest BCUT2D eigenvalue weighted by Crippen LogP contribution is -2.48. The van der Waals surface area contributed by atoms with E-state index in [0.29, 0.717) is 43.7 Å². The van der Waals surface area contributed by atoms with Gasteiger partial charge in [0.05, 0.1) is 29.1 Å². The molecule has 0 saturated heterocycles. The third-order valence-corrected chi connectivity index (χ3v) is 10.7. The summed E-state index contributed by atoms with van der Waals surface area (Å²) in [5.74, 6) is -0.333. The van der Waals surface area contributed by atoms with Crippen molar-refractivity contribution in [2.24, 2.45) is 0 Å². The number of anilines is 1. The lowest BCUT2D eigenvalue weighted by atomic mass is 10.00. The highest BCUT2D eigenvalue weighted by molar-refractivity contribution is 7.92. The number of aliphatic hydroxyl groups excluding tert-OH is 1. The molecule has 2 aromatic carbocycles. The molecule has 0 aliphatic carbocycles. The third-order valence-electron chi connectivity index (χ3n) is 7.85. The van der Waals surface area contributed by atoms with Gasteiger partial charge in [0.15, 0.2) is 0 Å². The van der Waals surface area contributed by atoms with E-state index in [1.807, 2.05) is 49.5 Å². The second kappa shape index (κ2) is 12.4. The molecule has 0 bridgehead atoms. The second-order valence-corrected chi connectivity index (χ2v) is 13.7. The number of benzene rings is 2. The summed E-state index contributed by atoms with van der Waals surface area (Å²) in [6, 6.07) is 14.9. The minimum Gasteiger partial charge on any atom is -0.390 e. The fraction of sp³-hybridized carbons (Fsp3) is 0.387. The summed E-state index contributed by atoms with van der Waals surface area (Å²) in [5, 5.41) is 20.6. The largest absolute Gasteiger partial charge is 0.390 e. The molecule has 0 saturated carbocycles. The highest BCUT2D eigenvalue weighted by atomic mass is 32.2. The Morgan fingerprint density at radius 1 is 1.12 bits per heavy atom. The van der Waals surface area contributed by atoms with Crippen molar-refractivity contribution in [2.45, 2.75) is 58.3 Å². The van der Waals surface area contributed by atoms with Crippen LogP contribution >= 0.6 is 11.3 Å². The maximum Gasteiger partial charge on any atom is 0.251 e. The number of thiophene rings is 1. The molecule has 0 unspecified atom stereocenters. The van der Waals surface area contributed by atoms with Gasteiger partial charge in [0, 0.05) is 48.7 Å². The summed E-state index contributed by atoms with van der Waals surface area (Å²) in [5.41, 5.74) is 4.85. The van der Waals surface area contributed by atoms with Crippen LogP contribution in [0.5, 0.6) is 0 Å². The van der Waals surface area contributed by atoms with Gasteiger partial charge in [0.1, 0.15) is 0 Å². The van der Waals surface area contributed by atoms with Crippen LogP contribution in [0.1, 0.15) is 45.8 Å². The van der Waals surface area contributed by atoms with Crippen LogP contribution in [0, 0.1) is 0 Å². The summed E-state index contributed by atoms with van der Waals surface area (Å²) >= 11 is 1.73. The number of aromatic nitrogens is 1. The summed E-state index contributed by atoms with van der Waals surface area (Å²) in [4.78, 5) is 15.1. The van der Waals surface area contributed by atoms with Gasteiger partial charge in [-0.05, 0) is 66.5 Å². The number of hydrogen-bond acceptors (Lipinski definition) is 6. The molecule has 4 aromatic rings. The van der Waals surface area contributed by atoms with Crippen LogP contribution in [0.25, 0.3) is 10.9 Å². The lowest BCUT2D eigenvalue weighted by molar-refractivity contribution is 0.0830. The van der Waals surface area contributed by atoms with E-state index in [1.165, 1.54) is 14.7 Å². The molecule has 2 atom stereocenters. The first kappa shape index (κ1) is 29.3. The van der Waals surface area contributed by atoms with Crippen molar-refractivity contribution in [3.63, 3.8) is 0 Å². The Kier molecular flexibility index (Phi) is 8.84. The van der Waals surface area contributed by atoms with Gasteiger partial charge in [-0.1, -0.05) is 37.3 Å². The first-order chi connectivity index (χ1) is 19.7. The molecule has 0 radical (unpaired) electrons. The molecule has 1 amide bonds. The maximum absolute atomic E-state index is 13.8. The number of nitrogens with one attached hydrogen (secondary N) is 2. The standard InChI is InChI=1S/C31H38N4O4S2/c1-4-25-13-22(20-40-25)17-32-18-29(36)26(14-21-9-7-6-8-10-21)33-31(37)24-15-27-30-23(11-12-41(38,39)34(27)3)19-35(5-2)28(30)16-24/h6-10,13,15-16,19-20,26,29,32,36H,4-5,11-12,14,17-18H2,1-3H3,(H,33,37)/t26-,29+/m0/s1. The van der Waals surface area contributed by atoms with E-state index in [2.05, 4.69) is 33.6 Å². The smallest absolute Gasteiger partial charge is 0.251 e. The van der Waals surface area contributed by atoms with E-state index in [9.17, 15) is 18.3 Å². The van der Waals surface area contributed by atoms with Crippen molar-refractivity contribution in [1.29, 1.82) is 0 Å². The Labute approximate surface area is 246 Å². The average molecular weight is 595 g/mol. The van der Waals surface area contributed by atoms with E-state index in [0.717, 1.165) is 28.5 Å². The fourth-order valence-corrected chi connectivity index (χ4v) is 7.50. The molecule has 0 fully saturated rings. The van der Waals surface area contributed by atoms with Crippen molar-refractivity contribution >= 4 is 43.9 Å². The summed E-state index contributed by atoms with van der Waals surface area (Å²) in [6.45, 7) is 5.80. The van der Waals surface area contributed by atoms with Crippen LogP contribution in [-0.4, -0.2) is 55.5 Å². The summed E-state index contributed by atoms with van der Waals surface area (Å²) in [7, 11) is -1.96. The molecule has 1 aliphatic rings. The molecular formula is C31H38N4O4S2. The number of carbonyl (C=O) groups is 1. The number of amides is 1. The van der Waals surface area contributed by atoms with Crippen LogP contribution < -0.4 is 14.9 Å². The van der Waals surface area contributed by atoms with Crippen molar-refractivity contribution in [2.75, 3.05) is 23.7 Å². The Balaban J connectivity index is 1.41. The molecule has 0 spiro atoms. The monoisotopic (exact) mass is 594 g/mol. The zero-order chi connectivity index (χ0) is 29.1. The van der Waals surface area contributed by atoms with E-state index >= 15 is 0 Å². The van der Waals surface area contributed by atoms with E-state index < -0.39 is 22.2 Å². The molecule has 10 heteroatoms. The fourth-order valence-electron chi connectivity index (χ4n) is 5.46. The molecule has 8 nitrogen and oxygen atoms in total. The molecule has 3 N–H and O–H groups in total. The summed E-state index contributed by atoms with van der Waals surface area (Å²) < 4.78 is 29.2. The van der Waals surface area contributed by atoms with Gasteiger partial charge in [0.25, 0.3) is 5.91 Å². The third kappa shape index (κ3) is 6.35. The zero-order valence-electron chi connectivity index (χ0n) is 23.8. The van der Waals surface area contributed by atoms with Crippen LogP contribution in [0.15, 0.2) is 60.1 Å². The molecule has 2 aromatic heterocycles. The first-order valence-electron chi connectivity index (χ1n) is 14.1. The maximum atomic E-state index is 13.8. The van der Waals surface area contributed by atoms with Gasteiger partial charge in [-0.25, -0.2) is 8.42 Å². The van der Waals surface area contributed by atoms with Gasteiger partial charge >= 0.3 is 0 Å². The number of aliphatic hydroxyl groups is 1. The number of carbonyl (C=O) groups excluding carboxylic acids is 1. The second-order valence-electron chi connectivity index (χ2n) is 10.6. The number of aryl methyl sites for hydroxylation is 3. The predicted octanol–water partition coefficient (Wildman–Crippen LogP) is 4.10. The van der Waals surface area contributed by atoms with E-state index in [-0.39, 0.29) is 11.7 Å². The summed E-state index contributed by atoms with van der Waals surface area (Å²) in [6.07, 6.45) is 3.03. The van der Waals surface area contributed by atoms with Crippen molar-refractivity contribution in [1.82, 2.24) is 15.2 Å². The molecule has 1 aliphatic heterocycles. The predicted molar refractivity (Wildman–Crippen MR) is 166 cm³/mol. The topological polar surface area (TPSA) is 104 Å². The highest BCUT2D eigenvalue weighted by Crippen LogP contribution is 2.37. The Hall–Kier alpha value is -3.18. The normalized spacial score (nSPS) is 16.0. The Bertz CT molecular complexity index is 1630. The molecule has 3 heterocycles. The number of rotatable bonds is 11. The van der Waals surface area contributed by atoms with Crippen LogP contribution in [0.4, 0.5) is 5.69 Å². The highest BCUT2D eigenvalue weighted by Gasteiger charge is 2.29. The lowest BCUT2D eigenvalue weighted by Gasteiger charge is -2.25. The average Bonchev–Trinajstić information content (AvgIpc) is 3.57. The van der Waals surface area contributed by atoms with E-state index in [1.54, 1.807) is 24.5 Å². The van der Waals surface area contributed by atoms with Gasteiger partial charge < -0.3 is 20.3 Å². The zero-order valence-corrected chi connectivity index (χ0v) is 25.4. The van der Waals surface area contributed by atoms with Gasteiger partial charge in [-0.3, -0.25) is 9.10 Å². The van der Waals surface area contributed by atoms with Crippen LogP contribution in [0.2, 0.25) is 0 Å². The van der Waals surface area contributed by atoms with Crippen molar-refractivity contribution < 1.29 is 18.3 Å². The van der Waals surface area contributed by atoms with Crippen LogP contribution in [0.3, 0.4) is 0 Å².